The van der Waals surface area contributed by atoms with Crippen molar-refractivity contribution in [3.05, 3.63) is 29.3 Å². The Labute approximate surface area is 184 Å². The molecule has 3 rings (SSSR count). The van der Waals surface area contributed by atoms with E-state index in [1.165, 1.54) is 19.3 Å². The number of β-amino-alcohol motifs (C(OH)–C–C–N with tert-alkyl or cyclic N) is 1. The first-order valence-corrected chi connectivity index (χ1v) is 10.1. The van der Waals surface area contributed by atoms with Gasteiger partial charge in [-0.25, -0.2) is 4.79 Å². The molecule has 2 heterocycles. The molecule has 5 atom stereocenters. The molecule has 0 amide bonds. The van der Waals surface area contributed by atoms with E-state index in [1.807, 2.05) is 0 Å². The Morgan fingerprint density at radius 3 is 2.78 bits per heavy atom. The standard InChI is InChI=1S/C21H28N2O9/c1-11(24)30-19-18(27)16-9-23-10-21(28,32-16)20(19)31-17(26)5-4-12-7-15(29-3)14(25)6-13(12)8-22-2/h4-7,16,18-20,22-23,25,27-28H,8-10H2,1-3H3/b5-4+/t16-,18-,19+,20+,21+/m0/s1. The molecule has 11 nitrogen and oxygen atoms in total. The molecule has 0 saturated carbocycles. The van der Waals surface area contributed by atoms with E-state index in [0.717, 1.165) is 13.0 Å². The van der Waals surface area contributed by atoms with Crippen LogP contribution in [0.15, 0.2) is 18.2 Å². The van der Waals surface area contributed by atoms with Crippen LogP contribution in [0, 0.1) is 0 Å². The number of aliphatic hydroxyl groups is 2. The van der Waals surface area contributed by atoms with Gasteiger partial charge in [0.15, 0.2) is 23.7 Å². The molecule has 0 spiro atoms. The van der Waals surface area contributed by atoms with Crippen LogP contribution in [0.5, 0.6) is 11.5 Å². The van der Waals surface area contributed by atoms with Gasteiger partial charge in [-0.2, -0.15) is 0 Å². The molecule has 2 saturated heterocycles. The minimum atomic E-state index is -1.98. The van der Waals surface area contributed by atoms with Gasteiger partial charge in [-0.3, -0.25) is 4.79 Å². The Hall–Kier alpha value is -2.70. The fourth-order valence-electron chi connectivity index (χ4n) is 3.84. The van der Waals surface area contributed by atoms with Crippen molar-refractivity contribution in [1.82, 2.24) is 10.6 Å². The Morgan fingerprint density at radius 2 is 2.12 bits per heavy atom. The number of phenolic OH excluding ortho intramolecular Hbond substituents is 1. The van der Waals surface area contributed by atoms with Gasteiger partial charge in [0, 0.05) is 26.1 Å². The number of carbonyl (C=O) groups is 2. The number of benzene rings is 1. The second-order valence-electron chi connectivity index (χ2n) is 7.64. The molecule has 1 aromatic carbocycles. The summed E-state index contributed by atoms with van der Waals surface area (Å²) in [4.78, 5) is 24.1. The summed E-state index contributed by atoms with van der Waals surface area (Å²) in [5, 5.41) is 37.2. The number of ether oxygens (including phenoxy) is 4. The predicted octanol–water partition coefficient (Wildman–Crippen LogP) is -0.972. The van der Waals surface area contributed by atoms with Gasteiger partial charge in [-0.05, 0) is 36.4 Å². The molecule has 2 fully saturated rings. The molecule has 32 heavy (non-hydrogen) atoms. The second kappa shape index (κ2) is 9.84. The highest BCUT2D eigenvalue weighted by molar-refractivity contribution is 5.87. The largest absolute Gasteiger partial charge is 0.504 e. The number of aromatic hydroxyl groups is 1. The van der Waals surface area contributed by atoms with E-state index >= 15 is 0 Å². The van der Waals surface area contributed by atoms with E-state index in [2.05, 4.69) is 10.6 Å². The molecular weight excluding hydrogens is 424 g/mol. The molecule has 2 aliphatic heterocycles. The summed E-state index contributed by atoms with van der Waals surface area (Å²) in [6, 6.07) is 3.07. The number of hydrogen-bond donors (Lipinski definition) is 5. The van der Waals surface area contributed by atoms with Gasteiger partial charge < -0.3 is 44.9 Å². The van der Waals surface area contributed by atoms with Gasteiger partial charge in [-0.15, -0.1) is 0 Å². The van der Waals surface area contributed by atoms with Crippen LogP contribution in [0.2, 0.25) is 0 Å². The molecule has 0 aromatic heterocycles. The number of phenols is 1. The van der Waals surface area contributed by atoms with E-state index in [4.69, 9.17) is 18.9 Å². The van der Waals surface area contributed by atoms with Gasteiger partial charge in [0.2, 0.25) is 5.79 Å². The third-order valence-corrected chi connectivity index (χ3v) is 5.29. The molecule has 0 radical (unpaired) electrons. The van der Waals surface area contributed by atoms with Crippen molar-refractivity contribution in [2.45, 2.75) is 43.7 Å². The lowest BCUT2D eigenvalue weighted by molar-refractivity contribution is -0.354. The van der Waals surface area contributed by atoms with Crippen LogP contribution < -0.4 is 15.4 Å². The third-order valence-electron chi connectivity index (χ3n) is 5.29. The van der Waals surface area contributed by atoms with E-state index in [9.17, 15) is 24.9 Å². The van der Waals surface area contributed by atoms with Crippen molar-refractivity contribution < 1.29 is 43.9 Å². The fourth-order valence-corrected chi connectivity index (χ4v) is 3.84. The minimum absolute atomic E-state index is 0.0448. The van der Waals surface area contributed by atoms with Crippen LogP contribution in [-0.2, 0) is 30.3 Å². The van der Waals surface area contributed by atoms with Gasteiger partial charge in [0.05, 0.1) is 13.7 Å². The van der Waals surface area contributed by atoms with Crippen molar-refractivity contribution >= 4 is 18.0 Å². The number of nitrogens with one attached hydrogen (secondary N) is 2. The van der Waals surface area contributed by atoms with Crippen molar-refractivity contribution in [3.8, 4) is 11.5 Å². The maximum Gasteiger partial charge on any atom is 0.331 e. The van der Waals surface area contributed by atoms with Crippen LogP contribution in [-0.4, -0.2) is 84.7 Å². The van der Waals surface area contributed by atoms with Crippen LogP contribution >= 0.6 is 0 Å². The average Bonchev–Trinajstić information content (AvgIpc) is 2.74. The Balaban J connectivity index is 1.83. The number of esters is 2. The van der Waals surface area contributed by atoms with E-state index in [0.29, 0.717) is 17.7 Å². The first-order valence-electron chi connectivity index (χ1n) is 10.1. The predicted molar refractivity (Wildman–Crippen MR) is 111 cm³/mol. The van der Waals surface area contributed by atoms with Crippen molar-refractivity contribution in [2.75, 3.05) is 27.2 Å². The number of fused-ring (bicyclic) bond motifs is 2. The Bertz CT molecular complexity index is 890. The van der Waals surface area contributed by atoms with E-state index < -0.39 is 42.1 Å². The zero-order chi connectivity index (χ0) is 23.5. The van der Waals surface area contributed by atoms with Crippen LogP contribution in [0.25, 0.3) is 6.08 Å². The zero-order valence-corrected chi connectivity index (χ0v) is 18.0. The number of morpholine rings is 1. The van der Waals surface area contributed by atoms with Gasteiger partial charge in [0.25, 0.3) is 0 Å². The average molecular weight is 452 g/mol. The monoisotopic (exact) mass is 452 g/mol. The highest BCUT2D eigenvalue weighted by Gasteiger charge is 2.59. The molecule has 11 heteroatoms. The van der Waals surface area contributed by atoms with Crippen LogP contribution in [0.1, 0.15) is 18.1 Å². The lowest BCUT2D eigenvalue weighted by atomic mass is 9.89. The summed E-state index contributed by atoms with van der Waals surface area (Å²) in [7, 11) is 3.14. The molecular formula is C21H28N2O9. The van der Waals surface area contributed by atoms with Gasteiger partial charge >= 0.3 is 11.9 Å². The number of methoxy groups -OCH3 is 1. The van der Waals surface area contributed by atoms with Gasteiger partial charge in [-0.1, -0.05) is 0 Å². The third kappa shape index (κ3) is 5.03. The SMILES string of the molecule is CNCc1cc(O)c(OC)cc1/C=C/C(=O)O[C@@H]1[C@H](OC(C)=O)[C@@H](O)[C@@H]2CNC[C@@]1(O)O2. The summed E-state index contributed by atoms with van der Waals surface area (Å²) in [6.45, 7) is 1.71. The normalized spacial score (nSPS) is 29.5. The lowest BCUT2D eigenvalue weighted by Crippen LogP contribution is -2.73. The lowest BCUT2D eigenvalue weighted by Gasteiger charge is -2.50. The second-order valence-corrected chi connectivity index (χ2v) is 7.64. The number of hydrogen-bond acceptors (Lipinski definition) is 11. The molecule has 0 aliphatic carbocycles. The summed E-state index contributed by atoms with van der Waals surface area (Å²) in [5.41, 5.74) is 1.28. The summed E-state index contributed by atoms with van der Waals surface area (Å²) >= 11 is 0. The van der Waals surface area contributed by atoms with Crippen molar-refractivity contribution in [1.29, 1.82) is 0 Å². The summed E-state index contributed by atoms with van der Waals surface area (Å²) in [6.07, 6.45) is -2.33. The molecule has 176 valence electrons. The molecule has 2 bridgehead atoms. The van der Waals surface area contributed by atoms with Crippen LogP contribution in [0.4, 0.5) is 0 Å². The minimum Gasteiger partial charge on any atom is -0.504 e. The zero-order valence-electron chi connectivity index (χ0n) is 18.0. The molecule has 1 aromatic rings. The highest BCUT2D eigenvalue weighted by Crippen LogP contribution is 2.34. The van der Waals surface area contributed by atoms with Crippen LogP contribution in [0.3, 0.4) is 0 Å². The fraction of sp³-hybridized carbons (Fsp3) is 0.524. The summed E-state index contributed by atoms with van der Waals surface area (Å²) < 4.78 is 21.2. The Kier molecular flexibility index (Phi) is 7.36. The van der Waals surface area contributed by atoms with E-state index in [-0.39, 0.29) is 24.6 Å². The molecule has 5 N–H and O–H groups in total. The maximum atomic E-state index is 12.6. The van der Waals surface area contributed by atoms with Crippen molar-refractivity contribution in [3.63, 3.8) is 0 Å². The van der Waals surface area contributed by atoms with Crippen molar-refractivity contribution in [2.24, 2.45) is 0 Å². The molecule has 2 aliphatic rings. The molecule has 0 unspecified atom stereocenters. The Morgan fingerprint density at radius 1 is 1.38 bits per heavy atom. The topological polar surface area (TPSA) is 156 Å². The van der Waals surface area contributed by atoms with E-state index in [1.54, 1.807) is 13.1 Å². The first-order chi connectivity index (χ1) is 15.2. The quantitative estimate of drug-likeness (QED) is 0.256. The summed E-state index contributed by atoms with van der Waals surface area (Å²) in [5.74, 6) is -3.36. The first kappa shape index (κ1) is 24.0. The van der Waals surface area contributed by atoms with Gasteiger partial charge in [0.1, 0.15) is 12.2 Å². The number of carbonyl (C=O) groups excluding carboxylic acids is 2. The number of rotatable bonds is 7. The maximum absolute atomic E-state index is 12.6. The smallest absolute Gasteiger partial charge is 0.331 e. The highest BCUT2D eigenvalue weighted by atomic mass is 16.7. The number of aliphatic hydroxyl groups excluding tert-OH is 1.